The SMILES string of the molecule is CNS(=O)(=O)c1cc2c(cc1N=C(N)N=C(N)N)OCCO2. The van der Waals surface area contributed by atoms with Crippen LogP contribution in [-0.4, -0.2) is 40.6 Å². The van der Waals surface area contributed by atoms with Gasteiger partial charge >= 0.3 is 0 Å². The molecule has 0 bridgehead atoms. The van der Waals surface area contributed by atoms with Crippen LogP contribution in [0.4, 0.5) is 5.69 Å². The van der Waals surface area contributed by atoms with Crippen molar-refractivity contribution in [2.24, 2.45) is 27.2 Å². The summed E-state index contributed by atoms with van der Waals surface area (Å²) >= 11 is 0. The highest BCUT2D eigenvalue weighted by Gasteiger charge is 2.23. The van der Waals surface area contributed by atoms with Gasteiger partial charge in [-0.05, 0) is 7.05 Å². The van der Waals surface area contributed by atoms with E-state index in [0.717, 1.165) is 0 Å². The molecule has 120 valence electrons. The van der Waals surface area contributed by atoms with Crippen LogP contribution in [0.15, 0.2) is 27.0 Å². The number of sulfonamides is 1. The lowest BCUT2D eigenvalue weighted by molar-refractivity contribution is 0.171. The van der Waals surface area contributed by atoms with Crippen LogP contribution in [0.5, 0.6) is 11.5 Å². The van der Waals surface area contributed by atoms with Gasteiger partial charge in [-0.1, -0.05) is 0 Å². The molecule has 1 aliphatic heterocycles. The number of ether oxygens (including phenoxy) is 2. The minimum atomic E-state index is -3.80. The van der Waals surface area contributed by atoms with Crippen molar-refractivity contribution in [1.29, 1.82) is 0 Å². The normalized spacial score (nSPS) is 14.5. The van der Waals surface area contributed by atoms with Crippen LogP contribution in [0.2, 0.25) is 0 Å². The molecule has 22 heavy (non-hydrogen) atoms. The van der Waals surface area contributed by atoms with E-state index in [0.29, 0.717) is 24.7 Å². The van der Waals surface area contributed by atoms with Crippen molar-refractivity contribution >= 4 is 27.6 Å². The number of aliphatic imine (C=N–C) groups is 2. The van der Waals surface area contributed by atoms with Gasteiger partial charge in [-0.15, -0.1) is 0 Å². The van der Waals surface area contributed by atoms with Crippen LogP contribution < -0.4 is 31.4 Å². The third-order valence-electron chi connectivity index (χ3n) is 2.66. The molecule has 0 atom stereocenters. The summed E-state index contributed by atoms with van der Waals surface area (Å²) in [5.74, 6) is 0.0815. The number of fused-ring (bicyclic) bond motifs is 1. The van der Waals surface area contributed by atoms with Gasteiger partial charge < -0.3 is 26.7 Å². The van der Waals surface area contributed by atoms with E-state index in [-0.39, 0.29) is 22.5 Å². The molecule has 7 N–H and O–H groups in total. The molecule has 0 fully saturated rings. The smallest absolute Gasteiger partial charge is 0.242 e. The zero-order valence-electron chi connectivity index (χ0n) is 11.7. The number of benzene rings is 1. The van der Waals surface area contributed by atoms with Gasteiger partial charge in [0.05, 0.1) is 5.69 Å². The van der Waals surface area contributed by atoms with Gasteiger partial charge in [0.25, 0.3) is 0 Å². The summed E-state index contributed by atoms with van der Waals surface area (Å²) in [5, 5.41) is 0. The fourth-order valence-corrected chi connectivity index (χ4v) is 2.61. The number of hydrogen-bond donors (Lipinski definition) is 4. The molecular weight excluding hydrogens is 312 g/mol. The van der Waals surface area contributed by atoms with Crippen LogP contribution in [0, 0.1) is 0 Å². The highest BCUT2D eigenvalue weighted by Crippen LogP contribution is 2.38. The van der Waals surface area contributed by atoms with Crippen molar-refractivity contribution in [2.45, 2.75) is 4.90 Å². The molecule has 0 unspecified atom stereocenters. The molecule has 0 saturated carbocycles. The molecule has 0 saturated heterocycles. The minimum Gasteiger partial charge on any atom is -0.486 e. The van der Waals surface area contributed by atoms with E-state index in [4.69, 9.17) is 26.7 Å². The predicted octanol–water partition coefficient (Wildman–Crippen LogP) is -1.41. The Morgan fingerprint density at radius 3 is 2.32 bits per heavy atom. The molecule has 11 heteroatoms. The zero-order valence-corrected chi connectivity index (χ0v) is 12.6. The standard InChI is InChI=1S/C11H16N6O4S/c1-15-22(18,19)9-5-8-7(20-2-3-21-8)4-6(9)16-11(14)17-10(12)13/h4-5,15H,2-3H2,1H3,(H6,12,13,14,16,17). The molecule has 2 rings (SSSR count). The molecule has 1 aromatic rings. The van der Waals surface area contributed by atoms with Gasteiger partial charge in [-0.25, -0.2) is 18.1 Å². The van der Waals surface area contributed by atoms with Gasteiger partial charge in [0, 0.05) is 12.1 Å². The van der Waals surface area contributed by atoms with Crippen molar-refractivity contribution in [2.75, 3.05) is 20.3 Å². The number of hydrogen-bond acceptors (Lipinski definition) is 5. The van der Waals surface area contributed by atoms with Crippen LogP contribution in [-0.2, 0) is 10.0 Å². The number of nitrogens with two attached hydrogens (primary N) is 3. The minimum absolute atomic E-state index is 0.0288. The van der Waals surface area contributed by atoms with Crippen molar-refractivity contribution in [1.82, 2.24) is 4.72 Å². The molecule has 0 radical (unpaired) electrons. The van der Waals surface area contributed by atoms with Crippen LogP contribution >= 0.6 is 0 Å². The van der Waals surface area contributed by atoms with E-state index in [1.165, 1.54) is 19.2 Å². The lowest BCUT2D eigenvalue weighted by atomic mass is 10.2. The molecule has 10 nitrogen and oxygen atoms in total. The second kappa shape index (κ2) is 6.07. The monoisotopic (exact) mass is 328 g/mol. The Morgan fingerprint density at radius 1 is 1.18 bits per heavy atom. The average Bonchev–Trinajstić information content (AvgIpc) is 2.45. The molecule has 0 aliphatic carbocycles. The van der Waals surface area contributed by atoms with Crippen molar-refractivity contribution < 1.29 is 17.9 Å². The van der Waals surface area contributed by atoms with Crippen LogP contribution in [0.1, 0.15) is 0 Å². The Labute approximate surface area is 127 Å². The van der Waals surface area contributed by atoms with E-state index in [1.807, 2.05) is 0 Å². The van der Waals surface area contributed by atoms with Gasteiger partial charge in [-0.2, -0.15) is 4.99 Å². The largest absolute Gasteiger partial charge is 0.486 e. The van der Waals surface area contributed by atoms with Crippen molar-refractivity contribution in [3.05, 3.63) is 12.1 Å². The summed E-state index contributed by atoms with van der Waals surface area (Å²) < 4.78 is 37.2. The summed E-state index contributed by atoms with van der Waals surface area (Å²) in [7, 11) is -2.52. The number of nitrogens with one attached hydrogen (secondary N) is 1. The maximum absolute atomic E-state index is 12.1. The van der Waals surface area contributed by atoms with Crippen molar-refractivity contribution in [3.8, 4) is 11.5 Å². The van der Waals surface area contributed by atoms with E-state index in [1.54, 1.807) is 0 Å². The molecule has 0 spiro atoms. The summed E-state index contributed by atoms with van der Waals surface area (Å²) in [5.41, 5.74) is 16.0. The molecule has 0 aromatic heterocycles. The number of nitrogens with zero attached hydrogens (tertiary/aromatic N) is 2. The fraction of sp³-hybridized carbons (Fsp3) is 0.273. The molecule has 1 heterocycles. The van der Waals surface area contributed by atoms with Gasteiger partial charge in [0.15, 0.2) is 17.5 Å². The molecular formula is C11H16N6O4S. The maximum Gasteiger partial charge on any atom is 0.242 e. The first kappa shape index (κ1) is 15.9. The Morgan fingerprint density at radius 2 is 1.77 bits per heavy atom. The highest BCUT2D eigenvalue weighted by molar-refractivity contribution is 7.89. The molecule has 1 aromatic carbocycles. The zero-order chi connectivity index (χ0) is 16.3. The van der Waals surface area contributed by atoms with Gasteiger partial charge in [-0.3, -0.25) is 0 Å². The second-order valence-corrected chi connectivity index (χ2v) is 6.03. The van der Waals surface area contributed by atoms with E-state index in [9.17, 15) is 8.42 Å². The Bertz CT molecular complexity index is 739. The topological polar surface area (TPSA) is 167 Å². The lowest BCUT2D eigenvalue weighted by Gasteiger charge is -2.20. The Kier molecular flexibility index (Phi) is 4.37. The second-order valence-electron chi connectivity index (χ2n) is 4.18. The lowest BCUT2D eigenvalue weighted by Crippen LogP contribution is -2.26. The predicted molar refractivity (Wildman–Crippen MR) is 80.8 cm³/mol. The first-order chi connectivity index (χ1) is 10.3. The highest BCUT2D eigenvalue weighted by atomic mass is 32.2. The summed E-state index contributed by atoms with van der Waals surface area (Å²) in [6.45, 7) is 0.669. The maximum atomic E-state index is 12.1. The fourth-order valence-electron chi connectivity index (χ4n) is 1.75. The quantitative estimate of drug-likeness (QED) is 0.390. The summed E-state index contributed by atoms with van der Waals surface area (Å²) in [6.07, 6.45) is 0. The van der Waals surface area contributed by atoms with Gasteiger partial charge in [0.1, 0.15) is 18.1 Å². The van der Waals surface area contributed by atoms with Crippen LogP contribution in [0.25, 0.3) is 0 Å². The first-order valence-corrected chi connectivity index (χ1v) is 7.63. The Hall–Kier alpha value is -2.53. The van der Waals surface area contributed by atoms with Crippen molar-refractivity contribution in [3.63, 3.8) is 0 Å². The number of guanidine groups is 2. The van der Waals surface area contributed by atoms with Gasteiger partial charge in [0.2, 0.25) is 16.0 Å². The van der Waals surface area contributed by atoms with Crippen LogP contribution in [0.3, 0.4) is 0 Å². The van der Waals surface area contributed by atoms with E-state index < -0.39 is 10.0 Å². The average molecular weight is 328 g/mol. The third-order valence-corrected chi connectivity index (χ3v) is 4.10. The summed E-state index contributed by atoms with van der Waals surface area (Å²) in [4.78, 5) is 7.33. The Balaban J connectivity index is 2.62. The molecule has 1 aliphatic rings. The summed E-state index contributed by atoms with van der Waals surface area (Å²) in [6, 6.07) is 2.70. The first-order valence-electron chi connectivity index (χ1n) is 6.14. The van der Waals surface area contributed by atoms with E-state index in [2.05, 4.69) is 14.7 Å². The van der Waals surface area contributed by atoms with E-state index >= 15 is 0 Å². The number of rotatable bonds is 3. The third kappa shape index (κ3) is 3.38. The molecule has 0 amide bonds.